The Kier molecular flexibility index (Phi) is 6.74. The number of carbonyl (C=O) groups excluding carboxylic acids is 1. The first kappa shape index (κ1) is 24.5. The third kappa shape index (κ3) is 4.85. The van der Waals surface area contributed by atoms with Crippen molar-refractivity contribution < 1.29 is 4.79 Å². The van der Waals surface area contributed by atoms with Crippen LogP contribution in [-0.2, 0) is 17.9 Å². The minimum atomic E-state index is -0.278. The van der Waals surface area contributed by atoms with Gasteiger partial charge in [-0.3, -0.25) is 14.2 Å². The smallest absolute Gasteiger partial charge is 0.265 e. The summed E-state index contributed by atoms with van der Waals surface area (Å²) in [5.74, 6) is 0.611. The van der Waals surface area contributed by atoms with Gasteiger partial charge in [0.05, 0.1) is 17.9 Å². The molecule has 9 heteroatoms. The molecule has 1 amide bonds. The highest BCUT2D eigenvalue weighted by Crippen LogP contribution is 2.34. The van der Waals surface area contributed by atoms with Crippen LogP contribution in [0.5, 0.6) is 0 Å². The normalized spacial score (nSPS) is 14.5. The fraction of sp³-hybridized carbons (Fsp3) is 0.172. The van der Waals surface area contributed by atoms with Crippen LogP contribution in [-0.4, -0.2) is 35.9 Å². The zero-order chi connectivity index (χ0) is 26.1. The summed E-state index contributed by atoms with van der Waals surface area (Å²) in [6.07, 6.45) is 1.77. The molecule has 3 aromatic carbocycles. The number of hydrogen-bond acceptors (Lipinski definition) is 5. The molecule has 1 aliphatic heterocycles. The standard InChI is InChI=1S/C29H24ClN5O2S/c30-22-11-13-23(14-12-22)35-27-25(16-31-35)28(37)34-24(19-38-29(34)32-27)15-26(36)33(17-20-7-3-1-4-8-20)18-21-9-5-2-6-10-21/h1-14,16,24H,15,17-19H2. The van der Waals surface area contributed by atoms with Gasteiger partial charge in [0.1, 0.15) is 5.39 Å². The first-order valence-electron chi connectivity index (χ1n) is 12.3. The van der Waals surface area contributed by atoms with E-state index in [0.717, 1.165) is 16.8 Å². The Morgan fingerprint density at radius 1 is 0.947 bits per heavy atom. The van der Waals surface area contributed by atoms with E-state index in [9.17, 15) is 9.59 Å². The monoisotopic (exact) mass is 541 g/mol. The van der Waals surface area contributed by atoms with Gasteiger partial charge in [-0.15, -0.1) is 0 Å². The Bertz CT molecular complexity index is 1610. The number of fused-ring (bicyclic) bond motifs is 2. The lowest BCUT2D eigenvalue weighted by atomic mass is 10.1. The quantitative estimate of drug-likeness (QED) is 0.254. The van der Waals surface area contributed by atoms with Crippen LogP contribution in [0.3, 0.4) is 0 Å². The number of thioether (sulfide) groups is 1. The fourth-order valence-electron chi connectivity index (χ4n) is 4.72. The maximum Gasteiger partial charge on any atom is 0.265 e. The number of benzene rings is 3. The van der Waals surface area contributed by atoms with Crippen molar-refractivity contribution in [3.8, 4) is 5.69 Å². The highest BCUT2D eigenvalue weighted by atomic mass is 35.5. The molecule has 0 saturated carbocycles. The minimum Gasteiger partial charge on any atom is -0.334 e. The number of nitrogens with zero attached hydrogens (tertiary/aromatic N) is 5. The molecule has 0 spiro atoms. The maximum absolute atomic E-state index is 13.7. The first-order chi connectivity index (χ1) is 18.6. The van der Waals surface area contributed by atoms with E-state index in [0.29, 0.717) is 40.1 Å². The molecular formula is C29H24ClN5O2S. The molecule has 0 aliphatic carbocycles. The molecule has 1 unspecified atom stereocenters. The van der Waals surface area contributed by atoms with Crippen molar-refractivity contribution in [3.05, 3.63) is 118 Å². The largest absolute Gasteiger partial charge is 0.334 e. The Labute approximate surface area is 228 Å². The van der Waals surface area contributed by atoms with Gasteiger partial charge in [0.2, 0.25) is 5.91 Å². The van der Waals surface area contributed by atoms with Crippen molar-refractivity contribution in [2.75, 3.05) is 5.75 Å². The summed E-state index contributed by atoms with van der Waals surface area (Å²) in [7, 11) is 0. The van der Waals surface area contributed by atoms with Crippen molar-refractivity contribution in [1.29, 1.82) is 0 Å². The highest BCUT2D eigenvalue weighted by molar-refractivity contribution is 7.99. The summed E-state index contributed by atoms with van der Waals surface area (Å²) in [4.78, 5) is 33.9. The van der Waals surface area contributed by atoms with Crippen LogP contribution in [0.15, 0.2) is 101 Å². The fourth-order valence-corrected chi connectivity index (χ4v) is 5.98. The molecule has 0 radical (unpaired) electrons. The van der Waals surface area contributed by atoms with Gasteiger partial charge >= 0.3 is 0 Å². The van der Waals surface area contributed by atoms with E-state index in [2.05, 4.69) is 5.10 Å². The molecule has 38 heavy (non-hydrogen) atoms. The van der Waals surface area contributed by atoms with Crippen molar-refractivity contribution in [2.24, 2.45) is 0 Å². The summed E-state index contributed by atoms with van der Waals surface area (Å²) in [6.45, 7) is 1.00. The van der Waals surface area contributed by atoms with E-state index < -0.39 is 0 Å². The summed E-state index contributed by atoms with van der Waals surface area (Å²) < 4.78 is 3.32. The molecule has 2 aromatic heterocycles. The molecule has 0 N–H and O–H groups in total. The van der Waals surface area contributed by atoms with Gasteiger partial charge in [0.25, 0.3) is 5.56 Å². The molecule has 7 nitrogen and oxygen atoms in total. The predicted molar refractivity (Wildman–Crippen MR) is 150 cm³/mol. The lowest BCUT2D eigenvalue weighted by Gasteiger charge is -2.25. The Morgan fingerprint density at radius 2 is 1.58 bits per heavy atom. The number of amides is 1. The Morgan fingerprint density at radius 3 is 2.21 bits per heavy atom. The molecule has 5 aromatic rings. The molecule has 0 saturated heterocycles. The van der Waals surface area contributed by atoms with E-state index >= 15 is 0 Å². The van der Waals surface area contributed by atoms with Gasteiger partial charge in [-0.1, -0.05) is 84.0 Å². The van der Waals surface area contributed by atoms with Crippen molar-refractivity contribution in [1.82, 2.24) is 24.2 Å². The molecule has 3 heterocycles. The van der Waals surface area contributed by atoms with Gasteiger partial charge in [-0.05, 0) is 35.4 Å². The number of halogens is 1. The van der Waals surface area contributed by atoms with Crippen molar-refractivity contribution in [2.45, 2.75) is 30.7 Å². The molecule has 1 aliphatic rings. The van der Waals surface area contributed by atoms with Crippen molar-refractivity contribution in [3.63, 3.8) is 0 Å². The third-order valence-electron chi connectivity index (χ3n) is 6.64. The van der Waals surface area contributed by atoms with E-state index in [1.54, 1.807) is 27.6 Å². The second-order valence-electron chi connectivity index (χ2n) is 9.23. The Hall–Kier alpha value is -3.88. The molecule has 0 bridgehead atoms. The number of hydrogen-bond donors (Lipinski definition) is 0. The van der Waals surface area contributed by atoms with Crippen LogP contribution in [0.2, 0.25) is 5.02 Å². The van der Waals surface area contributed by atoms with Gasteiger partial charge in [0, 0.05) is 30.3 Å². The minimum absolute atomic E-state index is 0.0000115. The third-order valence-corrected chi connectivity index (χ3v) is 7.99. The average Bonchev–Trinajstić information content (AvgIpc) is 3.55. The molecule has 1 atom stereocenters. The zero-order valence-electron chi connectivity index (χ0n) is 20.4. The van der Waals surface area contributed by atoms with E-state index in [4.69, 9.17) is 16.6 Å². The van der Waals surface area contributed by atoms with E-state index in [1.807, 2.05) is 77.7 Å². The van der Waals surface area contributed by atoms with Gasteiger partial charge < -0.3 is 4.90 Å². The first-order valence-corrected chi connectivity index (χ1v) is 13.7. The highest BCUT2D eigenvalue weighted by Gasteiger charge is 2.31. The Balaban J connectivity index is 1.29. The molecule has 190 valence electrons. The van der Waals surface area contributed by atoms with Gasteiger partial charge in [-0.2, -0.15) is 5.10 Å². The van der Waals surface area contributed by atoms with E-state index in [1.165, 1.54) is 11.8 Å². The average molecular weight is 542 g/mol. The van der Waals surface area contributed by atoms with Crippen LogP contribution in [0.25, 0.3) is 16.7 Å². The lowest BCUT2D eigenvalue weighted by molar-refractivity contribution is -0.133. The summed E-state index contributed by atoms with van der Waals surface area (Å²) >= 11 is 7.53. The van der Waals surface area contributed by atoms with Crippen LogP contribution < -0.4 is 5.56 Å². The number of carbonyl (C=O) groups is 1. The number of aromatic nitrogens is 4. The predicted octanol–water partition coefficient (Wildman–Crippen LogP) is 5.50. The zero-order valence-corrected chi connectivity index (χ0v) is 22.0. The number of rotatable bonds is 7. The summed E-state index contributed by atoms with van der Waals surface area (Å²) in [6, 6.07) is 26.9. The molecule has 6 rings (SSSR count). The van der Waals surface area contributed by atoms with Crippen LogP contribution >= 0.6 is 23.4 Å². The van der Waals surface area contributed by atoms with E-state index in [-0.39, 0.29) is 23.9 Å². The van der Waals surface area contributed by atoms with Crippen molar-refractivity contribution >= 4 is 40.3 Å². The molecular weight excluding hydrogens is 518 g/mol. The van der Waals surface area contributed by atoms with Crippen LogP contribution in [0, 0.1) is 0 Å². The SMILES string of the molecule is O=C(CC1CSc2nc3c(cnn3-c3ccc(Cl)cc3)c(=O)n21)N(Cc1ccccc1)Cc1ccccc1. The lowest BCUT2D eigenvalue weighted by Crippen LogP contribution is -2.34. The van der Waals surface area contributed by atoms with Crippen LogP contribution in [0.4, 0.5) is 0 Å². The second kappa shape index (κ2) is 10.5. The summed E-state index contributed by atoms with van der Waals surface area (Å²) in [5.41, 5.74) is 3.22. The second-order valence-corrected chi connectivity index (χ2v) is 10.7. The topological polar surface area (TPSA) is 73.0 Å². The van der Waals surface area contributed by atoms with Gasteiger partial charge in [0.15, 0.2) is 10.8 Å². The maximum atomic E-state index is 13.7. The summed E-state index contributed by atoms with van der Waals surface area (Å²) in [5, 5.41) is 6.07. The van der Waals surface area contributed by atoms with Gasteiger partial charge in [-0.25, -0.2) is 9.67 Å². The van der Waals surface area contributed by atoms with Crippen LogP contribution in [0.1, 0.15) is 23.6 Å². The molecule has 0 fully saturated rings.